The fourth-order valence-electron chi connectivity index (χ4n) is 2.11. The van der Waals surface area contributed by atoms with Crippen LogP contribution in [-0.2, 0) is 24.3 Å². The first-order valence-corrected chi connectivity index (χ1v) is 9.41. The number of hydrogen-bond donors (Lipinski definition) is 1. The summed E-state index contributed by atoms with van der Waals surface area (Å²) in [5, 5.41) is 2.58. The lowest BCUT2D eigenvalue weighted by Gasteiger charge is -2.18. The molecule has 0 aliphatic rings. The molecule has 144 valence electrons. The van der Waals surface area contributed by atoms with E-state index in [-0.39, 0.29) is 4.90 Å². The van der Waals surface area contributed by atoms with Crippen LogP contribution in [0.1, 0.15) is 6.92 Å². The highest BCUT2D eigenvalue weighted by Crippen LogP contribution is 2.15. The van der Waals surface area contributed by atoms with E-state index < -0.39 is 40.4 Å². The number of likely N-dealkylation sites (N-methyl/N-ethyl adjacent to an activating group) is 1. The van der Waals surface area contributed by atoms with Crippen molar-refractivity contribution in [3.8, 4) is 0 Å². The van der Waals surface area contributed by atoms with Gasteiger partial charge in [-0.15, -0.1) is 0 Å². The molecule has 2 aromatic rings. The van der Waals surface area contributed by atoms with Crippen LogP contribution in [0.3, 0.4) is 0 Å². The molecule has 1 amide bonds. The molecule has 9 heteroatoms. The Kier molecular flexibility index (Phi) is 6.65. The number of anilines is 1. The number of amides is 1. The second-order valence-electron chi connectivity index (χ2n) is 5.70. The van der Waals surface area contributed by atoms with E-state index >= 15 is 0 Å². The average molecular weight is 394 g/mol. The van der Waals surface area contributed by atoms with E-state index in [0.717, 1.165) is 28.6 Å². The van der Waals surface area contributed by atoms with Crippen molar-refractivity contribution in [2.45, 2.75) is 17.9 Å². The number of esters is 1. The summed E-state index contributed by atoms with van der Waals surface area (Å²) >= 11 is 0. The minimum atomic E-state index is -3.99. The minimum absolute atomic E-state index is 0.158. The molecule has 0 fully saturated rings. The molecule has 0 aromatic heterocycles. The van der Waals surface area contributed by atoms with Crippen molar-refractivity contribution in [3.63, 3.8) is 0 Å². The van der Waals surface area contributed by atoms with Crippen molar-refractivity contribution >= 4 is 27.6 Å². The quantitative estimate of drug-likeness (QED) is 0.726. The Morgan fingerprint density at radius 3 is 2.30 bits per heavy atom. The normalized spacial score (nSPS) is 12.4. The van der Waals surface area contributed by atoms with Gasteiger partial charge in [-0.2, -0.15) is 4.31 Å². The van der Waals surface area contributed by atoms with Crippen molar-refractivity contribution in [2.24, 2.45) is 0 Å². The van der Waals surface area contributed by atoms with Gasteiger partial charge in [-0.25, -0.2) is 12.8 Å². The molecular weight excluding hydrogens is 375 g/mol. The van der Waals surface area contributed by atoms with E-state index in [1.54, 1.807) is 30.3 Å². The number of carbonyl (C=O) groups excluding carboxylic acids is 2. The van der Waals surface area contributed by atoms with E-state index in [4.69, 9.17) is 4.74 Å². The van der Waals surface area contributed by atoms with Crippen LogP contribution < -0.4 is 5.32 Å². The highest BCUT2D eigenvalue weighted by Gasteiger charge is 2.25. The van der Waals surface area contributed by atoms with Crippen molar-refractivity contribution in [1.29, 1.82) is 0 Å². The molecule has 0 spiro atoms. The molecule has 1 unspecified atom stereocenters. The van der Waals surface area contributed by atoms with E-state index in [9.17, 15) is 22.4 Å². The minimum Gasteiger partial charge on any atom is -0.452 e. The molecule has 0 saturated carbocycles. The first-order valence-electron chi connectivity index (χ1n) is 7.97. The lowest BCUT2D eigenvalue weighted by atomic mass is 10.3. The van der Waals surface area contributed by atoms with Crippen molar-refractivity contribution < 1.29 is 27.1 Å². The summed E-state index contributed by atoms with van der Waals surface area (Å²) in [6, 6.07) is 12.8. The van der Waals surface area contributed by atoms with Crippen LogP contribution in [-0.4, -0.2) is 44.3 Å². The Morgan fingerprint density at radius 1 is 1.11 bits per heavy atom. The summed E-state index contributed by atoms with van der Waals surface area (Å²) in [6.45, 7) is 0.785. The molecule has 0 radical (unpaired) electrons. The number of hydrogen-bond acceptors (Lipinski definition) is 5. The van der Waals surface area contributed by atoms with Crippen LogP contribution >= 0.6 is 0 Å². The highest BCUT2D eigenvalue weighted by atomic mass is 32.2. The maximum absolute atomic E-state index is 12.9. The number of ether oxygens (including phenoxy) is 1. The molecular formula is C18H19FN2O5S. The smallest absolute Gasteiger partial charge is 0.322 e. The summed E-state index contributed by atoms with van der Waals surface area (Å²) in [5.41, 5.74) is 0.543. The third-order valence-corrected chi connectivity index (χ3v) is 5.41. The van der Waals surface area contributed by atoms with E-state index in [2.05, 4.69) is 5.32 Å². The number of para-hydroxylation sites is 1. The first-order chi connectivity index (χ1) is 12.7. The van der Waals surface area contributed by atoms with E-state index in [0.29, 0.717) is 5.69 Å². The molecule has 1 N–H and O–H groups in total. The highest BCUT2D eigenvalue weighted by molar-refractivity contribution is 7.89. The zero-order valence-corrected chi connectivity index (χ0v) is 15.6. The summed E-state index contributed by atoms with van der Waals surface area (Å²) in [4.78, 5) is 23.9. The van der Waals surface area contributed by atoms with Crippen LogP contribution in [0.4, 0.5) is 10.1 Å². The van der Waals surface area contributed by atoms with E-state index in [1.165, 1.54) is 14.0 Å². The standard InChI is InChI=1S/C18H19FN2O5S/c1-13(18(23)20-15-6-4-3-5-7-15)26-17(22)12-21(2)27(24,25)16-10-8-14(19)9-11-16/h3-11,13H,12H2,1-2H3,(H,20,23). The van der Waals surface area contributed by atoms with Crippen LogP contribution in [0.2, 0.25) is 0 Å². The van der Waals surface area contributed by atoms with Gasteiger partial charge in [0, 0.05) is 12.7 Å². The zero-order valence-electron chi connectivity index (χ0n) is 14.8. The third kappa shape index (κ3) is 5.60. The molecule has 0 saturated heterocycles. The Balaban J connectivity index is 1.93. The number of nitrogens with one attached hydrogen (secondary N) is 1. The van der Waals surface area contributed by atoms with Gasteiger partial charge in [0.2, 0.25) is 10.0 Å². The van der Waals surface area contributed by atoms with Gasteiger partial charge in [0.05, 0.1) is 4.90 Å². The van der Waals surface area contributed by atoms with Crippen molar-refractivity contribution in [3.05, 3.63) is 60.4 Å². The van der Waals surface area contributed by atoms with Gasteiger partial charge in [0.1, 0.15) is 12.4 Å². The largest absolute Gasteiger partial charge is 0.452 e. The Labute approximate surface area is 156 Å². The van der Waals surface area contributed by atoms with Crippen molar-refractivity contribution in [2.75, 3.05) is 18.9 Å². The summed E-state index contributed by atoms with van der Waals surface area (Å²) < 4.78 is 43.4. The van der Waals surface area contributed by atoms with Gasteiger partial charge >= 0.3 is 5.97 Å². The number of rotatable bonds is 7. The summed E-state index contributed by atoms with van der Waals surface area (Å²) in [6.07, 6.45) is -1.11. The molecule has 0 bridgehead atoms. The topological polar surface area (TPSA) is 92.8 Å². The maximum Gasteiger partial charge on any atom is 0.322 e. The van der Waals surface area contributed by atoms with E-state index in [1.807, 2.05) is 0 Å². The molecule has 27 heavy (non-hydrogen) atoms. The van der Waals surface area contributed by atoms with Gasteiger partial charge in [-0.3, -0.25) is 9.59 Å². The van der Waals surface area contributed by atoms with Crippen molar-refractivity contribution in [1.82, 2.24) is 4.31 Å². The number of halogens is 1. The lowest BCUT2D eigenvalue weighted by Crippen LogP contribution is -2.37. The maximum atomic E-state index is 12.9. The number of carbonyl (C=O) groups is 2. The molecule has 2 aromatic carbocycles. The average Bonchev–Trinajstić information content (AvgIpc) is 2.62. The Morgan fingerprint density at radius 2 is 1.70 bits per heavy atom. The number of sulfonamides is 1. The van der Waals surface area contributed by atoms with Gasteiger partial charge in [-0.1, -0.05) is 18.2 Å². The zero-order chi connectivity index (χ0) is 20.0. The van der Waals surface area contributed by atoms with Gasteiger partial charge < -0.3 is 10.1 Å². The summed E-state index contributed by atoms with van der Waals surface area (Å²) in [5.74, 6) is -2.01. The van der Waals surface area contributed by atoms with Crippen LogP contribution in [0, 0.1) is 5.82 Å². The lowest BCUT2D eigenvalue weighted by molar-refractivity contribution is -0.153. The molecule has 0 aliphatic carbocycles. The summed E-state index contributed by atoms with van der Waals surface area (Å²) in [7, 11) is -2.80. The number of benzene rings is 2. The van der Waals surface area contributed by atoms with Crippen LogP contribution in [0.5, 0.6) is 0 Å². The van der Waals surface area contributed by atoms with Crippen LogP contribution in [0.25, 0.3) is 0 Å². The first kappa shape index (κ1) is 20.5. The van der Waals surface area contributed by atoms with Gasteiger partial charge in [0.15, 0.2) is 6.10 Å². The number of nitrogens with zero attached hydrogens (tertiary/aromatic N) is 1. The van der Waals surface area contributed by atoms with Gasteiger partial charge in [-0.05, 0) is 43.3 Å². The van der Waals surface area contributed by atoms with Crippen LogP contribution in [0.15, 0.2) is 59.5 Å². The third-order valence-electron chi connectivity index (χ3n) is 3.59. The predicted octanol–water partition coefficient (Wildman–Crippen LogP) is 2.02. The Hall–Kier alpha value is -2.78. The monoisotopic (exact) mass is 394 g/mol. The second kappa shape index (κ2) is 8.74. The SMILES string of the molecule is CC(OC(=O)CN(C)S(=O)(=O)c1ccc(F)cc1)C(=O)Nc1ccccc1. The molecule has 2 rings (SSSR count). The Bertz CT molecular complexity index is 901. The van der Waals surface area contributed by atoms with Gasteiger partial charge in [0.25, 0.3) is 5.91 Å². The molecule has 7 nitrogen and oxygen atoms in total. The fourth-order valence-corrected chi connectivity index (χ4v) is 3.22. The second-order valence-corrected chi connectivity index (χ2v) is 7.75. The molecule has 0 aliphatic heterocycles. The fraction of sp³-hybridized carbons (Fsp3) is 0.222. The molecule has 0 heterocycles. The predicted molar refractivity (Wildman–Crippen MR) is 96.8 cm³/mol. The molecule has 1 atom stereocenters.